The van der Waals surface area contributed by atoms with Crippen molar-refractivity contribution in [3.63, 3.8) is 0 Å². The molecule has 0 saturated heterocycles. The number of nitrogens with zero attached hydrogens (tertiary/aromatic N) is 1. The van der Waals surface area contributed by atoms with Crippen LogP contribution in [-0.4, -0.2) is 38.1 Å². The van der Waals surface area contributed by atoms with Crippen molar-refractivity contribution >= 4 is 33.2 Å². The van der Waals surface area contributed by atoms with Crippen molar-refractivity contribution in [2.24, 2.45) is 0 Å². The van der Waals surface area contributed by atoms with Gasteiger partial charge in [0.15, 0.2) is 0 Å². The first-order chi connectivity index (χ1) is 9.76. The number of rotatable bonds is 7. The second-order valence-corrected chi connectivity index (χ2v) is 6.33. The molecule has 0 aliphatic heterocycles. The maximum absolute atomic E-state index is 11.8. The summed E-state index contributed by atoms with van der Waals surface area (Å²) in [5.74, 6) is -0.885. The van der Waals surface area contributed by atoms with E-state index in [-0.39, 0.29) is 35.1 Å². The van der Waals surface area contributed by atoms with Crippen LogP contribution in [0, 0.1) is 10.1 Å². The van der Waals surface area contributed by atoms with Gasteiger partial charge in [-0.2, -0.15) is 0 Å². The fourth-order valence-electron chi connectivity index (χ4n) is 1.49. The Kier molecular flexibility index (Phi) is 6.06. The van der Waals surface area contributed by atoms with Gasteiger partial charge < -0.3 is 5.32 Å². The number of nitro benzene ring substituents is 1. The summed E-state index contributed by atoms with van der Waals surface area (Å²) in [6.07, 6.45) is 0. The molecule has 0 aromatic heterocycles. The van der Waals surface area contributed by atoms with Gasteiger partial charge in [0.1, 0.15) is 5.02 Å². The van der Waals surface area contributed by atoms with Gasteiger partial charge in [-0.15, -0.1) is 0 Å². The van der Waals surface area contributed by atoms with Crippen LogP contribution < -0.4 is 10.0 Å². The number of amides is 1. The van der Waals surface area contributed by atoms with Crippen LogP contribution in [0.5, 0.6) is 0 Å². The number of carbonyl (C=O) groups excluding carboxylic acids is 1. The van der Waals surface area contributed by atoms with Gasteiger partial charge in [0.2, 0.25) is 10.0 Å². The van der Waals surface area contributed by atoms with E-state index >= 15 is 0 Å². The lowest BCUT2D eigenvalue weighted by Gasteiger charge is -2.07. The number of nitro groups is 1. The molecule has 0 bridgehead atoms. The average molecular weight is 336 g/mol. The SMILES string of the molecule is CCNS(=O)(=O)CCNC(=O)c1ccc(Cl)c([N+](=O)[O-])c1. The molecule has 21 heavy (non-hydrogen) atoms. The Bertz CT molecular complexity index is 647. The molecule has 1 aromatic carbocycles. The number of carbonyl (C=O) groups is 1. The highest BCUT2D eigenvalue weighted by Crippen LogP contribution is 2.24. The summed E-state index contributed by atoms with van der Waals surface area (Å²) < 4.78 is 25.0. The molecule has 0 fully saturated rings. The molecule has 116 valence electrons. The van der Waals surface area contributed by atoms with Gasteiger partial charge in [0.05, 0.1) is 10.7 Å². The van der Waals surface area contributed by atoms with Gasteiger partial charge in [0, 0.05) is 24.7 Å². The molecule has 1 amide bonds. The molecule has 2 N–H and O–H groups in total. The third kappa shape index (κ3) is 5.29. The van der Waals surface area contributed by atoms with Gasteiger partial charge in [-0.05, 0) is 12.1 Å². The second-order valence-electron chi connectivity index (χ2n) is 4.00. The van der Waals surface area contributed by atoms with Crippen molar-refractivity contribution in [1.29, 1.82) is 0 Å². The third-order valence-corrected chi connectivity index (χ3v) is 4.22. The monoisotopic (exact) mass is 335 g/mol. The molecule has 0 heterocycles. The average Bonchev–Trinajstić information content (AvgIpc) is 2.38. The molecule has 0 radical (unpaired) electrons. The topological polar surface area (TPSA) is 118 Å². The Morgan fingerprint density at radius 3 is 2.67 bits per heavy atom. The van der Waals surface area contributed by atoms with Gasteiger partial charge in [0.25, 0.3) is 11.6 Å². The van der Waals surface area contributed by atoms with Crippen LogP contribution in [0.3, 0.4) is 0 Å². The van der Waals surface area contributed by atoms with Crippen LogP contribution in [0.2, 0.25) is 5.02 Å². The van der Waals surface area contributed by atoms with E-state index in [1.165, 1.54) is 12.1 Å². The molecule has 0 aliphatic rings. The number of sulfonamides is 1. The lowest BCUT2D eigenvalue weighted by Crippen LogP contribution is -2.34. The lowest BCUT2D eigenvalue weighted by molar-refractivity contribution is -0.384. The predicted molar refractivity (Wildman–Crippen MR) is 77.9 cm³/mol. The van der Waals surface area contributed by atoms with E-state index in [0.29, 0.717) is 0 Å². The maximum atomic E-state index is 11.8. The molecule has 0 atom stereocenters. The molecule has 0 unspecified atom stereocenters. The van der Waals surface area contributed by atoms with Crippen LogP contribution in [-0.2, 0) is 10.0 Å². The summed E-state index contributed by atoms with van der Waals surface area (Å²) in [6, 6.07) is 3.60. The molecule has 10 heteroatoms. The van der Waals surface area contributed by atoms with Crippen molar-refractivity contribution < 1.29 is 18.1 Å². The van der Waals surface area contributed by atoms with Crippen molar-refractivity contribution in [1.82, 2.24) is 10.0 Å². The molecule has 0 aliphatic carbocycles. The molecule has 1 rings (SSSR count). The number of hydrogen-bond acceptors (Lipinski definition) is 5. The highest BCUT2D eigenvalue weighted by Gasteiger charge is 2.16. The molecular formula is C11H14ClN3O5S. The van der Waals surface area contributed by atoms with Crippen LogP contribution in [0.25, 0.3) is 0 Å². The summed E-state index contributed by atoms with van der Waals surface area (Å²) in [4.78, 5) is 21.8. The summed E-state index contributed by atoms with van der Waals surface area (Å²) in [6.45, 7) is 1.80. The number of halogens is 1. The van der Waals surface area contributed by atoms with Crippen molar-refractivity contribution in [2.45, 2.75) is 6.92 Å². The van der Waals surface area contributed by atoms with Gasteiger partial charge in [-0.25, -0.2) is 13.1 Å². The van der Waals surface area contributed by atoms with Gasteiger partial charge in [-0.3, -0.25) is 14.9 Å². The summed E-state index contributed by atoms with van der Waals surface area (Å²) in [5.41, 5.74) is -0.350. The van der Waals surface area contributed by atoms with E-state index in [0.717, 1.165) is 6.07 Å². The quantitative estimate of drug-likeness (QED) is 0.567. The van der Waals surface area contributed by atoms with Crippen LogP contribution in [0.4, 0.5) is 5.69 Å². The van der Waals surface area contributed by atoms with E-state index in [1.807, 2.05) is 0 Å². The smallest absolute Gasteiger partial charge is 0.288 e. The summed E-state index contributed by atoms with van der Waals surface area (Å²) in [5, 5.41) is 13.0. The normalized spacial score (nSPS) is 11.1. The van der Waals surface area contributed by atoms with E-state index in [1.54, 1.807) is 6.92 Å². The van der Waals surface area contributed by atoms with Crippen LogP contribution in [0.1, 0.15) is 17.3 Å². The molecular weight excluding hydrogens is 322 g/mol. The molecule has 0 saturated carbocycles. The fourth-order valence-corrected chi connectivity index (χ4v) is 2.63. The highest BCUT2D eigenvalue weighted by atomic mass is 35.5. The Balaban J connectivity index is 2.69. The molecule has 1 aromatic rings. The number of nitrogens with one attached hydrogen (secondary N) is 2. The minimum Gasteiger partial charge on any atom is -0.351 e. The standard InChI is InChI=1S/C11H14ClN3O5S/c1-2-14-21(19,20)6-5-13-11(16)8-3-4-9(12)10(7-8)15(17)18/h3-4,7,14H,2,5-6H2,1H3,(H,13,16). The first kappa shape index (κ1) is 17.3. The Labute approximate surface area is 126 Å². The van der Waals surface area contributed by atoms with Gasteiger partial charge in [-0.1, -0.05) is 18.5 Å². The molecule has 8 nitrogen and oxygen atoms in total. The first-order valence-corrected chi connectivity index (χ1v) is 7.99. The zero-order valence-corrected chi connectivity index (χ0v) is 12.7. The van der Waals surface area contributed by atoms with Crippen molar-refractivity contribution in [3.8, 4) is 0 Å². The Morgan fingerprint density at radius 1 is 1.43 bits per heavy atom. The maximum Gasteiger partial charge on any atom is 0.288 e. The minimum atomic E-state index is -3.43. The van der Waals surface area contributed by atoms with Crippen molar-refractivity contribution in [3.05, 3.63) is 38.9 Å². The predicted octanol–water partition coefficient (Wildman–Crippen LogP) is 0.917. The van der Waals surface area contributed by atoms with Crippen molar-refractivity contribution in [2.75, 3.05) is 18.8 Å². The fraction of sp³-hybridized carbons (Fsp3) is 0.364. The van der Waals surface area contributed by atoms with Crippen LogP contribution in [0.15, 0.2) is 18.2 Å². The lowest BCUT2D eigenvalue weighted by atomic mass is 10.2. The van der Waals surface area contributed by atoms with Gasteiger partial charge >= 0.3 is 0 Å². The Hall–Kier alpha value is -1.71. The summed E-state index contributed by atoms with van der Waals surface area (Å²) in [7, 11) is -3.43. The Morgan fingerprint density at radius 2 is 2.10 bits per heavy atom. The van der Waals surface area contributed by atoms with E-state index in [2.05, 4.69) is 10.0 Å². The number of hydrogen-bond donors (Lipinski definition) is 2. The van der Waals surface area contributed by atoms with E-state index in [4.69, 9.17) is 11.6 Å². The zero-order chi connectivity index (χ0) is 16.0. The number of benzene rings is 1. The van der Waals surface area contributed by atoms with E-state index in [9.17, 15) is 23.3 Å². The summed E-state index contributed by atoms with van der Waals surface area (Å²) >= 11 is 5.63. The van der Waals surface area contributed by atoms with E-state index < -0.39 is 20.9 Å². The van der Waals surface area contributed by atoms with Crippen LogP contribution >= 0.6 is 11.6 Å². The second kappa shape index (κ2) is 7.34. The zero-order valence-electron chi connectivity index (χ0n) is 11.1. The highest BCUT2D eigenvalue weighted by molar-refractivity contribution is 7.89. The largest absolute Gasteiger partial charge is 0.351 e. The third-order valence-electron chi connectivity index (χ3n) is 2.43. The first-order valence-electron chi connectivity index (χ1n) is 5.96. The minimum absolute atomic E-state index is 0.0342. The molecule has 0 spiro atoms.